The number of halogens is 2. The van der Waals surface area contributed by atoms with Crippen LogP contribution in [-0.4, -0.2) is 13.1 Å². The van der Waals surface area contributed by atoms with E-state index in [-0.39, 0.29) is 12.3 Å². The Balaban J connectivity index is 2.33. The highest BCUT2D eigenvalue weighted by molar-refractivity contribution is 6.31. The monoisotopic (exact) mass is 377 g/mol. The molecule has 0 unspecified atom stereocenters. The second-order valence-electron chi connectivity index (χ2n) is 4.81. The van der Waals surface area contributed by atoms with Gasteiger partial charge < -0.3 is 9.47 Å². The topological polar surface area (TPSA) is 84.3 Å². The van der Waals surface area contributed by atoms with Crippen LogP contribution in [0.3, 0.4) is 0 Å². The number of benzene rings is 2. The molecule has 0 heterocycles. The van der Waals surface area contributed by atoms with Crippen molar-refractivity contribution < 1.29 is 14.3 Å². The largest absolute Gasteiger partial charge is 0.488 e. The minimum atomic E-state index is -0.756. The summed E-state index contributed by atoms with van der Waals surface area (Å²) in [5, 5.41) is 4.41. The summed E-state index contributed by atoms with van der Waals surface area (Å²) >= 11 is 12.0. The first kappa shape index (κ1) is 18.7. The summed E-state index contributed by atoms with van der Waals surface area (Å²) in [6.07, 6.45) is 1.37. The van der Waals surface area contributed by atoms with Gasteiger partial charge in [0.15, 0.2) is 0 Å². The molecule has 0 aliphatic heterocycles. The van der Waals surface area contributed by atoms with Crippen LogP contribution in [0.4, 0.5) is 0 Å². The Bertz CT molecular complexity index is 862. The summed E-state index contributed by atoms with van der Waals surface area (Å²) in [7, 11) is 1.20. The summed E-state index contributed by atoms with van der Waals surface area (Å²) in [6.45, 7) is 0.247. The number of carbonyl (C=O) groups excluding carboxylic acids is 1. The SMILES string of the molecule is COC(=O)/C(=C/c1ccc(Cl)cc1OCc1cccc(Cl)c1)N=[N+]=[N-]. The molecule has 0 aliphatic carbocycles. The van der Waals surface area contributed by atoms with Crippen LogP contribution in [0.5, 0.6) is 5.75 Å². The van der Waals surface area contributed by atoms with Crippen molar-refractivity contribution in [3.63, 3.8) is 0 Å². The Morgan fingerprint density at radius 1 is 1.24 bits per heavy atom. The van der Waals surface area contributed by atoms with E-state index in [0.29, 0.717) is 21.4 Å². The van der Waals surface area contributed by atoms with Gasteiger partial charge in [-0.25, -0.2) is 4.79 Å². The van der Waals surface area contributed by atoms with Crippen LogP contribution in [0.1, 0.15) is 11.1 Å². The van der Waals surface area contributed by atoms with Crippen LogP contribution < -0.4 is 4.74 Å². The highest BCUT2D eigenvalue weighted by Crippen LogP contribution is 2.27. The molecule has 0 aliphatic rings. The number of hydrogen-bond acceptors (Lipinski definition) is 4. The van der Waals surface area contributed by atoms with Gasteiger partial charge in [-0.15, -0.1) is 0 Å². The second kappa shape index (κ2) is 8.99. The molecule has 0 bridgehead atoms. The molecule has 6 nitrogen and oxygen atoms in total. The van der Waals surface area contributed by atoms with E-state index in [0.717, 1.165) is 5.56 Å². The van der Waals surface area contributed by atoms with E-state index in [1.54, 1.807) is 30.3 Å². The Hall–Kier alpha value is -2.66. The van der Waals surface area contributed by atoms with Gasteiger partial charge in [-0.2, -0.15) is 0 Å². The first-order chi connectivity index (χ1) is 12.0. The number of esters is 1. The molecule has 0 saturated carbocycles. The van der Waals surface area contributed by atoms with Crippen molar-refractivity contribution >= 4 is 35.2 Å². The van der Waals surface area contributed by atoms with Crippen molar-refractivity contribution in [2.24, 2.45) is 5.11 Å². The van der Waals surface area contributed by atoms with Crippen LogP contribution in [0, 0.1) is 0 Å². The Kier molecular flexibility index (Phi) is 6.71. The van der Waals surface area contributed by atoms with Gasteiger partial charge in [-0.05, 0) is 47.5 Å². The molecular weight excluding hydrogens is 365 g/mol. The van der Waals surface area contributed by atoms with Crippen molar-refractivity contribution in [2.45, 2.75) is 6.61 Å². The number of rotatable bonds is 6. The lowest BCUT2D eigenvalue weighted by atomic mass is 10.1. The summed E-state index contributed by atoms with van der Waals surface area (Å²) < 4.78 is 10.4. The Labute approximate surface area is 154 Å². The first-order valence-electron chi connectivity index (χ1n) is 7.05. The number of carbonyl (C=O) groups is 1. The molecule has 25 heavy (non-hydrogen) atoms. The van der Waals surface area contributed by atoms with Crippen molar-refractivity contribution in [2.75, 3.05) is 7.11 Å². The van der Waals surface area contributed by atoms with E-state index in [9.17, 15) is 4.79 Å². The zero-order chi connectivity index (χ0) is 18.2. The summed E-state index contributed by atoms with van der Waals surface area (Å²) in [5.74, 6) is -0.337. The number of hydrogen-bond donors (Lipinski definition) is 0. The van der Waals surface area contributed by atoms with Crippen molar-refractivity contribution in [3.8, 4) is 5.75 Å². The maximum absolute atomic E-state index is 11.7. The van der Waals surface area contributed by atoms with Crippen molar-refractivity contribution in [1.29, 1.82) is 0 Å². The highest BCUT2D eigenvalue weighted by atomic mass is 35.5. The number of nitrogens with zero attached hydrogens (tertiary/aromatic N) is 3. The van der Waals surface area contributed by atoms with E-state index in [4.69, 9.17) is 33.5 Å². The number of azide groups is 1. The molecular formula is C17H13Cl2N3O3. The molecule has 2 rings (SSSR count). The molecule has 0 fully saturated rings. The predicted octanol–water partition coefficient (Wildman–Crippen LogP) is 5.40. The molecule has 0 saturated heterocycles. The molecule has 2 aromatic rings. The Morgan fingerprint density at radius 3 is 2.68 bits per heavy atom. The third-order valence-electron chi connectivity index (χ3n) is 3.10. The van der Waals surface area contributed by atoms with Gasteiger partial charge in [0.1, 0.15) is 18.1 Å². The number of methoxy groups -OCH3 is 1. The number of ether oxygens (including phenoxy) is 2. The molecule has 0 N–H and O–H groups in total. The smallest absolute Gasteiger partial charge is 0.340 e. The predicted molar refractivity (Wildman–Crippen MR) is 96.4 cm³/mol. The summed E-state index contributed by atoms with van der Waals surface area (Å²) in [6, 6.07) is 12.1. The normalized spacial score (nSPS) is 10.8. The van der Waals surface area contributed by atoms with Crippen LogP contribution >= 0.6 is 23.2 Å². The molecule has 8 heteroatoms. The molecule has 128 valence electrons. The third kappa shape index (κ3) is 5.43. The average Bonchev–Trinajstić information content (AvgIpc) is 2.60. The molecule has 0 amide bonds. The fourth-order valence-electron chi connectivity index (χ4n) is 1.97. The van der Waals surface area contributed by atoms with Crippen LogP contribution in [-0.2, 0) is 16.1 Å². The van der Waals surface area contributed by atoms with Gasteiger partial charge in [0, 0.05) is 20.5 Å². The lowest BCUT2D eigenvalue weighted by Crippen LogP contribution is -2.02. The average molecular weight is 378 g/mol. The highest BCUT2D eigenvalue weighted by Gasteiger charge is 2.11. The zero-order valence-corrected chi connectivity index (χ0v) is 14.7. The van der Waals surface area contributed by atoms with Crippen LogP contribution in [0.15, 0.2) is 53.3 Å². The van der Waals surface area contributed by atoms with Crippen LogP contribution in [0.25, 0.3) is 16.5 Å². The minimum Gasteiger partial charge on any atom is -0.488 e. The van der Waals surface area contributed by atoms with Gasteiger partial charge >= 0.3 is 5.97 Å². The van der Waals surface area contributed by atoms with Gasteiger partial charge in [-0.1, -0.05) is 40.4 Å². The van der Waals surface area contributed by atoms with E-state index >= 15 is 0 Å². The summed E-state index contributed by atoms with van der Waals surface area (Å²) in [5.41, 5.74) is 9.78. The maximum atomic E-state index is 11.7. The molecule has 0 spiro atoms. The van der Waals surface area contributed by atoms with Gasteiger partial charge in [0.05, 0.1) is 7.11 Å². The minimum absolute atomic E-state index is 0.195. The maximum Gasteiger partial charge on any atom is 0.340 e. The quantitative estimate of drug-likeness (QED) is 0.222. The Morgan fingerprint density at radius 2 is 2.00 bits per heavy atom. The second-order valence-corrected chi connectivity index (χ2v) is 5.68. The van der Waals surface area contributed by atoms with E-state index in [1.165, 1.54) is 13.2 Å². The van der Waals surface area contributed by atoms with Crippen LogP contribution in [0.2, 0.25) is 10.0 Å². The summed E-state index contributed by atoms with van der Waals surface area (Å²) in [4.78, 5) is 14.3. The molecule has 0 aromatic heterocycles. The van der Waals surface area contributed by atoms with Gasteiger partial charge in [0.2, 0.25) is 0 Å². The molecule has 2 aromatic carbocycles. The van der Waals surface area contributed by atoms with Gasteiger partial charge in [-0.3, -0.25) is 0 Å². The lowest BCUT2D eigenvalue weighted by Gasteiger charge is -2.11. The van der Waals surface area contributed by atoms with E-state index in [2.05, 4.69) is 14.8 Å². The van der Waals surface area contributed by atoms with Crippen molar-refractivity contribution in [3.05, 3.63) is 79.8 Å². The first-order valence-corrected chi connectivity index (χ1v) is 7.81. The fraction of sp³-hybridized carbons (Fsp3) is 0.118. The lowest BCUT2D eigenvalue weighted by molar-refractivity contribution is -0.136. The van der Waals surface area contributed by atoms with E-state index in [1.807, 2.05) is 12.1 Å². The molecule has 0 atom stereocenters. The van der Waals surface area contributed by atoms with Gasteiger partial charge in [0.25, 0.3) is 0 Å². The fourth-order valence-corrected chi connectivity index (χ4v) is 2.34. The third-order valence-corrected chi connectivity index (χ3v) is 3.57. The molecule has 0 radical (unpaired) electrons. The standard InChI is InChI=1S/C17H13Cl2N3O3/c1-24-17(23)15(21-22-20)8-12-5-6-14(19)9-16(12)25-10-11-3-2-4-13(18)7-11/h2-9H,10H2,1H3/b15-8-. The zero-order valence-electron chi connectivity index (χ0n) is 13.1. The van der Waals surface area contributed by atoms with Crippen molar-refractivity contribution in [1.82, 2.24) is 0 Å². The van der Waals surface area contributed by atoms with E-state index < -0.39 is 5.97 Å².